The van der Waals surface area contributed by atoms with Gasteiger partial charge in [-0.05, 0) is 31.6 Å². The van der Waals surface area contributed by atoms with Crippen molar-refractivity contribution in [2.24, 2.45) is 5.92 Å². The molecule has 4 heteroatoms. The van der Waals surface area contributed by atoms with Crippen LogP contribution in [0.5, 0.6) is 0 Å². The maximum absolute atomic E-state index is 12.4. The third-order valence-corrected chi connectivity index (χ3v) is 4.46. The van der Waals surface area contributed by atoms with Gasteiger partial charge < -0.3 is 9.42 Å². The fourth-order valence-electron chi connectivity index (χ4n) is 2.95. The summed E-state index contributed by atoms with van der Waals surface area (Å²) in [6.07, 6.45) is 5.41. The first-order valence-corrected chi connectivity index (χ1v) is 7.44. The second kappa shape index (κ2) is 4.99. The minimum Gasteiger partial charge on any atom is -0.359 e. The van der Waals surface area contributed by atoms with Crippen molar-refractivity contribution in [3.05, 3.63) is 17.5 Å². The Labute approximate surface area is 114 Å². The van der Waals surface area contributed by atoms with Crippen LogP contribution in [0.3, 0.4) is 0 Å². The molecule has 19 heavy (non-hydrogen) atoms. The van der Waals surface area contributed by atoms with Crippen LogP contribution < -0.4 is 0 Å². The van der Waals surface area contributed by atoms with E-state index >= 15 is 0 Å². The Hall–Kier alpha value is -1.32. The number of aromatic nitrogens is 1. The molecule has 0 bridgehead atoms. The summed E-state index contributed by atoms with van der Waals surface area (Å²) in [4.78, 5) is 14.4. The fraction of sp³-hybridized carbons (Fsp3) is 0.733. The van der Waals surface area contributed by atoms with E-state index in [1.165, 1.54) is 6.42 Å². The first-order chi connectivity index (χ1) is 9.16. The number of amides is 1. The molecule has 1 aromatic rings. The van der Waals surface area contributed by atoms with Gasteiger partial charge in [-0.1, -0.05) is 25.4 Å². The maximum atomic E-state index is 12.4. The molecule has 1 unspecified atom stereocenters. The SMILES string of the molecule is CC(C)c1cc(C2CCCN2C(=O)C2CCC2)on1. The Bertz CT molecular complexity index is 462. The molecule has 0 spiro atoms. The molecular formula is C15H22N2O2. The van der Waals surface area contributed by atoms with E-state index in [1.54, 1.807) is 0 Å². The van der Waals surface area contributed by atoms with E-state index in [2.05, 4.69) is 19.0 Å². The van der Waals surface area contributed by atoms with E-state index in [0.29, 0.717) is 11.8 Å². The standard InChI is InChI=1S/C15H22N2O2/c1-10(2)12-9-14(19-16-12)13-7-4-8-17(13)15(18)11-5-3-6-11/h9-11,13H,3-8H2,1-2H3. The van der Waals surface area contributed by atoms with Crippen molar-refractivity contribution in [2.75, 3.05) is 6.54 Å². The predicted molar refractivity (Wildman–Crippen MR) is 71.6 cm³/mol. The normalized spacial score (nSPS) is 23.9. The average Bonchev–Trinajstić information content (AvgIpc) is 2.95. The van der Waals surface area contributed by atoms with Gasteiger partial charge in [-0.15, -0.1) is 0 Å². The molecule has 1 amide bonds. The number of carbonyl (C=O) groups excluding carboxylic acids is 1. The molecule has 4 nitrogen and oxygen atoms in total. The molecule has 2 heterocycles. The first kappa shape index (κ1) is 12.7. The van der Waals surface area contributed by atoms with E-state index in [0.717, 1.165) is 43.7 Å². The molecule has 1 aliphatic heterocycles. The largest absolute Gasteiger partial charge is 0.359 e. The summed E-state index contributed by atoms with van der Waals surface area (Å²) in [6, 6.07) is 2.15. The van der Waals surface area contributed by atoms with E-state index in [9.17, 15) is 4.79 Å². The molecule has 0 aromatic carbocycles. The van der Waals surface area contributed by atoms with Gasteiger partial charge in [-0.3, -0.25) is 4.79 Å². The lowest BCUT2D eigenvalue weighted by Crippen LogP contribution is -2.38. The Morgan fingerprint density at radius 2 is 2.16 bits per heavy atom. The van der Waals surface area contributed by atoms with E-state index in [-0.39, 0.29) is 12.0 Å². The molecule has 1 saturated heterocycles. The number of nitrogens with zero attached hydrogens (tertiary/aromatic N) is 2. The van der Waals surface area contributed by atoms with Crippen molar-refractivity contribution < 1.29 is 9.32 Å². The van der Waals surface area contributed by atoms with Gasteiger partial charge in [0.25, 0.3) is 0 Å². The van der Waals surface area contributed by atoms with Crippen LogP contribution in [0.2, 0.25) is 0 Å². The van der Waals surface area contributed by atoms with Crippen molar-refractivity contribution in [1.29, 1.82) is 0 Å². The summed E-state index contributed by atoms with van der Waals surface area (Å²) >= 11 is 0. The van der Waals surface area contributed by atoms with Crippen LogP contribution in [0, 0.1) is 5.92 Å². The predicted octanol–water partition coefficient (Wildman–Crippen LogP) is 3.26. The van der Waals surface area contributed by atoms with Crippen LogP contribution in [-0.2, 0) is 4.79 Å². The highest BCUT2D eigenvalue weighted by molar-refractivity contribution is 5.80. The number of rotatable bonds is 3. The Balaban J connectivity index is 1.76. The summed E-state index contributed by atoms with van der Waals surface area (Å²) in [5.74, 6) is 1.84. The highest BCUT2D eigenvalue weighted by Crippen LogP contribution is 2.37. The zero-order chi connectivity index (χ0) is 13.4. The monoisotopic (exact) mass is 262 g/mol. The zero-order valence-corrected chi connectivity index (χ0v) is 11.8. The Kier molecular flexibility index (Phi) is 3.33. The highest BCUT2D eigenvalue weighted by Gasteiger charge is 2.37. The maximum Gasteiger partial charge on any atom is 0.226 e. The lowest BCUT2D eigenvalue weighted by molar-refractivity contribution is -0.139. The third-order valence-electron chi connectivity index (χ3n) is 4.46. The number of carbonyl (C=O) groups is 1. The van der Waals surface area contributed by atoms with E-state index in [1.807, 2.05) is 11.0 Å². The van der Waals surface area contributed by atoms with E-state index in [4.69, 9.17) is 4.52 Å². The highest BCUT2D eigenvalue weighted by atomic mass is 16.5. The summed E-state index contributed by atoms with van der Waals surface area (Å²) in [6.45, 7) is 5.08. The second-order valence-corrected chi connectivity index (χ2v) is 6.13. The topological polar surface area (TPSA) is 46.3 Å². The van der Waals surface area contributed by atoms with Crippen molar-refractivity contribution in [1.82, 2.24) is 10.1 Å². The lowest BCUT2D eigenvalue weighted by Gasteiger charge is -2.31. The van der Waals surface area contributed by atoms with Gasteiger partial charge >= 0.3 is 0 Å². The van der Waals surface area contributed by atoms with Crippen LogP contribution in [0.25, 0.3) is 0 Å². The van der Waals surface area contributed by atoms with Crippen molar-refractivity contribution in [3.8, 4) is 0 Å². The minimum atomic E-state index is 0.119. The molecular weight excluding hydrogens is 240 g/mol. The van der Waals surface area contributed by atoms with Crippen LogP contribution in [-0.4, -0.2) is 22.5 Å². The van der Waals surface area contributed by atoms with Gasteiger partial charge in [0.2, 0.25) is 5.91 Å². The van der Waals surface area contributed by atoms with Gasteiger partial charge in [0, 0.05) is 18.5 Å². The Morgan fingerprint density at radius 3 is 2.74 bits per heavy atom. The van der Waals surface area contributed by atoms with Crippen LogP contribution in [0.1, 0.15) is 69.4 Å². The number of likely N-dealkylation sites (tertiary alicyclic amines) is 1. The number of hydrogen-bond donors (Lipinski definition) is 0. The smallest absolute Gasteiger partial charge is 0.226 e. The molecule has 1 atom stereocenters. The second-order valence-electron chi connectivity index (χ2n) is 6.13. The number of hydrogen-bond acceptors (Lipinski definition) is 3. The molecule has 104 valence electrons. The molecule has 0 N–H and O–H groups in total. The van der Waals surface area contributed by atoms with E-state index < -0.39 is 0 Å². The summed E-state index contributed by atoms with van der Waals surface area (Å²) in [5.41, 5.74) is 0.984. The van der Waals surface area contributed by atoms with Gasteiger partial charge in [-0.25, -0.2) is 0 Å². The molecule has 1 saturated carbocycles. The van der Waals surface area contributed by atoms with Crippen molar-refractivity contribution in [2.45, 2.75) is 57.9 Å². The van der Waals surface area contributed by atoms with Gasteiger partial charge in [0.15, 0.2) is 5.76 Å². The average molecular weight is 262 g/mol. The Morgan fingerprint density at radius 1 is 1.37 bits per heavy atom. The van der Waals surface area contributed by atoms with Gasteiger partial charge in [0.05, 0.1) is 11.7 Å². The molecule has 3 rings (SSSR count). The quantitative estimate of drug-likeness (QED) is 0.840. The van der Waals surface area contributed by atoms with Crippen LogP contribution in [0.4, 0.5) is 0 Å². The van der Waals surface area contributed by atoms with Gasteiger partial charge in [-0.2, -0.15) is 0 Å². The van der Waals surface area contributed by atoms with Crippen LogP contribution in [0.15, 0.2) is 10.6 Å². The molecule has 1 aliphatic carbocycles. The molecule has 2 fully saturated rings. The van der Waals surface area contributed by atoms with Crippen LogP contribution >= 0.6 is 0 Å². The summed E-state index contributed by atoms with van der Waals surface area (Å²) in [7, 11) is 0. The minimum absolute atomic E-state index is 0.119. The third kappa shape index (κ3) is 2.28. The summed E-state index contributed by atoms with van der Waals surface area (Å²) < 4.78 is 5.48. The molecule has 2 aliphatic rings. The molecule has 1 aromatic heterocycles. The van der Waals surface area contributed by atoms with Crippen molar-refractivity contribution >= 4 is 5.91 Å². The fourth-order valence-corrected chi connectivity index (χ4v) is 2.95. The summed E-state index contributed by atoms with van der Waals surface area (Å²) in [5, 5.41) is 4.12. The van der Waals surface area contributed by atoms with Gasteiger partial charge in [0.1, 0.15) is 0 Å². The lowest BCUT2D eigenvalue weighted by atomic mass is 9.84. The first-order valence-electron chi connectivity index (χ1n) is 7.44. The molecule has 0 radical (unpaired) electrons. The zero-order valence-electron chi connectivity index (χ0n) is 11.8. The van der Waals surface area contributed by atoms with Crippen molar-refractivity contribution in [3.63, 3.8) is 0 Å².